The van der Waals surface area contributed by atoms with Crippen LogP contribution in [0.15, 0.2) is 0 Å². The summed E-state index contributed by atoms with van der Waals surface area (Å²) in [5, 5.41) is 9.28. The monoisotopic (exact) mass is 293 g/mol. The van der Waals surface area contributed by atoms with Gasteiger partial charge in [-0.05, 0) is 24.7 Å². The van der Waals surface area contributed by atoms with E-state index in [1.54, 1.807) is 0 Å². The van der Waals surface area contributed by atoms with Crippen molar-refractivity contribution >= 4 is 16.2 Å². The zero-order valence-corrected chi connectivity index (χ0v) is 12.7. The first-order valence-electron chi connectivity index (χ1n) is 6.38. The molecule has 1 N–H and O–H groups in total. The van der Waals surface area contributed by atoms with Gasteiger partial charge in [0.05, 0.1) is 12.4 Å². The summed E-state index contributed by atoms with van der Waals surface area (Å²) < 4.78 is 27.5. The van der Waals surface area contributed by atoms with Crippen LogP contribution in [0.3, 0.4) is 0 Å². The molecule has 2 unspecified atom stereocenters. The fraction of sp³-hybridized carbons (Fsp3) is 0.917. The molecule has 2 atom stereocenters. The molecule has 0 aromatic rings. The van der Waals surface area contributed by atoms with Crippen molar-refractivity contribution in [2.24, 2.45) is 5.41 Å². The predicted molar refractivity (Wildman–Crippen MR) is 71.5 cm³/mol. The molecule has 0 bridgehead atoms. The summed E-state index contributed by atoms with van der Waals surface area (Å²) in [7, 11) is -3.51. The summed E-state index contributed by atoms with van der Waals surface area (Å²) in [6, 6.07) is -0.251. The zero-order chi connectivity index (χ0) is 14.8. The molecule has 0 radical (unpaired) electrons. The van der Waals surface area contributed by atoms with Gasteiger partial charge in [0, 0.05) is 12.6 Å². The Morgan fingerprint density at radius 2 is 1.95 bits per heavy atom. The van der Waals surface area contributed by atoms with E-state index < -0.39 is 22.3 Å². The highest BCUT2D eigenvalue weighted by Gasteiger charge is 2.38. The van der Waals surface area contributed by atoms with Crippen molar-refractivity contribution in [1.82, 2.24) is 4.90 Å². The van der Waals surface area contributed by atoms with Crippen molar-refractivity contribution in [3.63, 3.8) is 0 Å². The van der Waals surface area contributed by atoms with E-state index in [2.05, 4.69) is 0 Å². The molecule has 6 nitrogen and oxygen atoms in total. The third-order valence-corrected chi connectivity index (χ3v) is 3.97. The van der Waals surface area contributed by atoms with Crippen LogP contribution < -0.4 is 0 Å². The maximum atomic E-state index is 11.3. The van der Waals surface area contributed by atoms with Gasteiger partial charge in [0.25, 0.3) is 10.1 Å². The molecule has 0 aromatic heterocycles. The standard InChI is InChI=1S/C12H23NO5S/c1-12(2,3)10-8-9(18-19(4,16)17)6-5-7-13(10)11(14)15/h9-10H,5-8H2,1-4H3,(H,14,15). The van der Waals surface area contributed by atoms with Crippen LogP contribution in [0.1, 0.15) is 40.0 Å². The molecule has 0 spiro atoms. The van der Waals surface area contributed by atoms with E-state index in [-0.39, 0.29) is 11.5 Å². The van der Waals surface area contributed by atoms with Gasteiger partial charge in [-0.3, -0.25) is 4.18 Å². The molecule has 0 aromatic carbocycles. The molecule has 1 rings (SSSR count). The van der Waals surface area contributed by atoms with Crippen molar-refractivity contribution < 1.29 is 22.5 Å². The fourth-order valence-corrected chi connectivity index (χ4v) is 3.19. The molecule has 0 aliphatic carbocycles. The molecule has 19 heavy (non-hydrogen) atoms. The third kappa shape index (κ3) is 4.99. The maximum Gasteiger partial charge on any atom is 0.407 e. The lowest BCUT2D eigenvalue weighted by Crippen LogP contribution is -2.47. The van der Waals surface area contributed by atoms with Crippen molar-refractivity contribution in [2.45, 2.75) is 52.2 Å². The summed E-state index contributed by atoms with van der Waals surface area (Å²) >= 11 is 0. The van der Waals surface area contributed by atoms with Crippen molar-refractivity contribution in [3.8, 4) is 0 Å². The van der Waals surface area contributed by atoms with E-state index >= 15 is 0 Å². The van der Waals surface area contributed by atoms with Gasteiger partial charge in [-0.2, -0.15) is 8.42 Å². The first kappa shape index (κ1) is 16.2. The molecule has 7 heteroatoms. The van der Waals surface area contributed by atoms with Gasteiger partial charge >= 0.3 is 6.09 Å². The second-order valence-electron chi connectivity index (χ2n) is 6.16. The summed E-state index contributed by atoms with van der Waals surface area (Å²) in [5.41, 5.74) is -0.262. The van der Waals surface area contributed by atoms with E-state index in [0.29, 0.717) is 25.8 Å². The molecule has 112 valence electrons. The average molecular weight is 293 g/mol. The first-order chi connectivity index (χ1) is 8.50. The van der Waals surface area contributed by atoms with Crippen LogP contribution in [-0.4, -0.2) is 49.5 Å². The van der Waals surface area contributed by atoms with E-state index in [0.717, 1.165) is 6.26 Å². The van der Waals surface area contributed by atoms with Crippen LogP contribution in [0, 0.1) is 5.41 Å². The lowest BCUT2D eigenvalue weighted by atomic mass is 9.83. The predicted octanol–water partition coefficient (Wildman–Crippen LogP) is 1.91. The summed E-state index contributed by atoms with van der Waals surface area (Å²) in [6.45, 7) is 6.28. The smallest absolute Gasteiger partial charge is 0.407 e. The summed E-state index contributed by atoms with van der Waals surface area (Å²) in [6.07, 6.45) is 1.20. The maximum absolute atomic E-state index is 11.3. The Balaban J connectivity index is 2.93. The van der Waals surface area contributed by atoms with E-state index in [9.17, 15) is 18.3 Å². The Morgan fingerprint density at radius 3 is 2.37 bits per heavy atom. The molecule has 1 heterocycles. The molecule has 1 fully saturated rings. The van der Waals surface area contributed by atoms with Gasteiger partial charge in [-0.15, -0.1) is 0 Å². The van der Waals surface area contributed by atoms with Gasteiger partial charge in [0.2, 0.25) is 0 Å². The number of hydrogen-bond donors (Lipinski definition) is 1. The van der Waals surface area contributed by atoms with Gasteiger partial charge in [0.15, 0.2) is 0 Å². The lowest BCUT2D eigenvalue weighted by molar-refractivity contribution is 0.0688. The van der Waals surface area contributed by atoms with E-state index in [4.69, 9.17) is 4.18 Å². The topological polar surface area (TPSA) is 83.9 Å². The van der Waals surface area contributed by atoms with Gasteiger partial charge in [-0.25, -0.2) is 4.79 Å². The van der Waals surface area contributed by atoms with Crippen LogP contribution >= 0.6 is 0 Å². The minimum absolute atomic E-state index is 0.251. The highest BCUT2D eigenvalue weighted by Crippen LogP contribution is 2.32. The minimum atomic E-state index is -3.51. The van der Waals surface area contributed by atoms with E-state index in [1.807, 2.05) is 20.8 Å². The highest BCUT2D eigenvalue weighted by atomic mass is 32.2. The van der Waals surface area contributed by atoms with Crippen LogP contribution in [0.5, 0.6) is 0 Å². The third-order valence-electron chi connectivity index (χ3n) is 3.34. The molecular weight excluding hydrogens is 270 g/mol. The molecule has 1 amide bonds. The quantitative estimate of drug-likeness (QED) is 0.786. The van der Waals surface area contributed by atoms with Crippen molar-refractivity contribution in [3.05, 3.63) is 0 Å². The number of amides is 1. The van der Waals surface area contributed by atoms with Crippen LogP contribution in [-0.2, 0) is 14.3 Å². The fourth-order valence-electron chi connectivity index (χ4n) is 2.52. The SMILES string of the molecule is CC(C)(C)C1CC(OS(C)(=O)=O)CCCN1C(=O)O. The molecule has 1 aliphatic heterocycles. The number of hydrogen-bond acceptors (Lipinski definition) is 4. The number of carbonyl (C=O) groups is 1. The Kier molecular flexibility index (Phi) is 4.84. The Morgan fingerprint density at radius 1 is 1.37 bits per heavy atom. The van der Waals surface area contributed by atoms with Crippen molar-refractivity contribution in [1.29, 1.82) is 0 Å². The minimum Gasteiger partial charge on any atom is -0.465 e. The number of likely N-dealkylation sites (tertiary alicyclic amines) is 1. The highest BCUT2D eigenvalue weighted by molar-refractivity contribution is 7.86. The van der Waals surface area contributed by atoms with Gasteiger partial charge < -0.3 is 10.0 Å². The molecule has 1 aliphatic rings. The normalized spacial score (nSPS) is 26.0. The number of rotatable bonds is 2. The summed E-state index contributed by atoms with van der Waals surface area (Å²) in [5.74, 6) is 0. The van der Waals surface area contributed by atoms with E-state index in [1.165, 1.54) is 4.90 Å². The second kappa shape index (κ2) is 5.66. The Hall–Kier alpha value is -0.820. The summed E-state index contributed by atoms with van der Waals surface area (Å²) in [4.78, 5) is 12.7. The second-order valence-corrected chi connectivity index (χ2v) is 7.76. The zero-order valence-electron chi connectivity index (χ0n) is 11.9. The van der Waals surface area contributed by atoms with Crippen molar-refractivity contribution in [2.75, 3.05) is 12.8 Å². The lowest BCUT2D eigenvalue weighted by Gasteiger charge is -2.38. The van der Waals surface area contributed by atoms with Crippen LogP contribution in [0.2, 0.25) is 0 Å². The Bertz CT molecular complexity index is 426. The average Bonchev–Trinajstić information content (AvgIpc) is 2.36. The molecule has 1 saturated heterocycles. The van der Waals surface area contributed by atoms with Gasteiger partial charge in [0.1, 0.15) is 0 Å². The Labute approximate surface area is 114 Å². The number of carboxylic acid groups (broad SMARTS) is 1. The molecule has 0 saturated carbocycles. The van der Waals surface area contributed by atoms with Crippen LogP contribution in [0.25, 0.3) is 0 Å². The van der Waals surface area contributed by atoms with Crippen LogP contribution in [0.4, 0.5) is 4.79 Å². The largest absolute Gasteiger partial charge is 0.465 e. The van der Waals surface area contributed by atoms with Gasteiger partial charge in [-0.1, -0.05) is 20.8 Å². The first-order valence-corrected chi connectivity index (χ1v) is 8.20. The molecular formula is C12H23NO5S. The number of nitrogens with zero attached hydrogens (tertiary/aromatic N) is 1.